The van der Waals surface area contributed by atoms with Crippen molar-refractivity contribution in [2.24, 2.45) is 11.8 Å². The molecule has 0 spiro atoms. The molecule has 0 radical (unpaired) electrons. The van der Waals surface area contributed by atoms with E-state index in [1.165, 1.54) is 0 Å². The van der Waals surface area contributed by atoms with Crippen LogP contribution in [0.2, 0.25) is 0 Å². The number of hydrazine groups is 1. The molecule has 1 amide bonds. The normalized spacial score (nSPS) is 19.3. The fourth-order valence-corrected chi connectivity index (χ4v) is 2.15. The van der Waals surface area contributed by atoms with E-state index in [-0.39, 0.29) is 5.91 Å². The molecule has 1 heterocycles. The fraction of sp³-hybridized carbons (Fsp3) is 0.917. The van der Waals surface area contributed by atoms with Gasteiger partial charge in [0.2, 0.25) is 5.91 Å². The summed E-state index contributed by atoms with van der Waals surface area (Å²) < 4.78 is 5.35. The molecule has 0 aromatic rings. The van der Waals surface area contributed by atoms with Crippen molar-refractivity contribution in [3.05, 3.63) is 0 Å². The Bertz CT molecular complexity index is 230. The molecule has 1 fully saturated rings. The van der Waals surface area contributed by atoms with Gasteiger partial charge in [-0.05, 0) is 39.2 Å². The molecular formula is C12H25N3O2. The van der Waals surface area contributed by atoms with Gasteiger partial charge in [0, 0.05) is 32.2 Å². The van der Waals surface area contributed by atoms with Crippen molar-refractivity contribution in [2.45, 2.75) is 38.6 Å². The number of carbonyl (C=O) groups excluding carboxylic acids is 1. The molecule has 3 N–H and O–H groups in total. The van der Waals surface area contributed by atoms with Crippen molar-refractivity contribution >= 4 is 5.91 Å². The van der Waals surface area contributed by atoms with Crippen molar-refractivity contribution in [1.82, 2.24) is 10.3 Å². The van der Waals surface area contributed by atoms with Crippen LogP contribution in [-0.2, 0) is 9.53 Å². The van der Waals surface area contributed by atoms with Gasteiger partial charge in [0.15, 0.2) is 0 Å². The van der Waals surface area contributed by atoms with E-state index in [4.69, 9.17) is 10.6 Å². The van der Waals surface area contributed by atoms with Gasteiger partial charge in [-0.15, -0.1) is 0 Å². The molecule has 5 nitrogen and oxygen atoms in total. The minimum absolute atomic E-state index is 0.0867. The van der Waals surface area contributed by atoms with E-state index in [1.54, 1.807) is 0 Å². The van der Waals surface area contributed by atoms with Gasteiger partial charge in [-0.25, -0.2) is 5.84 Å². The third-order valence-electron chi connectivity index (χ3n) is 3.59. The van der Waals surface area contributed by atoms with Crippen LogP contribution in [0.3, 0.4) is 0 Å². The summed E-state index contributed by atoms with van der Waals surface area (Å²) in [4.78, 5) is 13.4. The molecule has 17 heavy (non-hydrogen) atoms. The van der Waals surface area contributed by atoms with Crippen LogP contribution in [0, 0.1) is 5.92 Å². The smallest absolute Gasteiger partial charge is 0.233 e. The first kappa shape index (κ1) is 14.4. The van der Waals surface area contributed by atoms with Crippen LogP contribution in [-0.4, -0.2) is 43.7 Å². The second kappa shape index (κ2) is 7.63. The lowest BCUT2D eigenvalue weighted by atomic mass is 9.99. The summed E-state index contributed by atoms with van der Waals surface area (Å²) in [5.74, 6) is 5.71. The quantitative estimate of drug-likeness (QED) is 0.405. The van der Waals surface area contributed by atoms with Crippen LogP contribution in [0.25, 0.3) is 0 Å². The number of hydrogen-bond donors (Lipinski definition) is 2. The number of rotatable bonds is 6. The molecule has 100 valence electrons. The van der Waals surface area contributed by atoms with Crippen LogP contribution >= 0.6 is 0 Å². The fourth-order valence-electron chi connectivity index (χ4n) is 2.15. The van der Waals surface area contributed by atoms with Crippen LogP contribution in [0.5, 0.6) is 0 Å². The summed E-state index contributed by atoms with van der Waals surface area (Å²) >= 11 is 0. The largest absolute Gasteiger partial charge is 0.381 e. The summed E-state index contributed by atoms with van der Waals surface area (Å²) in [6, 6.07) is 0.412. The average Bonchev–Trinajstić information content (AvgIpc) is 2.36. The Kier molecular flexibility index (Phi) is 6.47. The zero-order chi connectivity index (χ0) is 12.7. The maximum Gasteiger partial charge on any atom is 0.233 e. The average molecular weight is 243 g/mol. The van der Waals surface area contributed by atoms with E-state index < -0.39 is 0 Å². The summed E-state index contributed by atoms with van der Waals surface area (Å²) in [7, 11) is 2.13. The molecule has 0 saturated carbocycles. The number of nitrogens with two attached hydrogens (primary N) is 1. The van der Waals surface area contributed by atoms with Crippen LogP contribution in [0.1, 0.15) is 32.6 Å². The molecule has 0 aliphatic carbocycles. The second-order valence-electron chi connectivity index (χ2n) is 4.95. The van der Waals surface area contributed by atoms with Gasteiger partial charge in [-0.3, -0.25) is 10.2 Å². The highest BCUT2D eigenvalue weighted by atomic mass is 16.5. The van der Waals surface area contributed by atoms with E-state index in [2.05, 4.69) is 24.3 Å². The monoisotopic (exact) mass is 243 g/mol. The standard InChI is InChI=1S/C12H25N3O2/c1-10(3-4-12(16)14-13)15(2)9-11-5-7-17-8-6-11/h10-11H,3-9,13H2,1-2H3,(H,14,16). The van der Waals surface area contributed by atoms with Gasteiger partial charge >= 0.3 is 0 Å². The Morgan fingerprint density at radius 3 is 2.76 bits per heavy atom. The maximum atomic E-state index is 11.1. The predicted molar refractivity (Wildman–Crippen MR) is 67.2 cm³/mol. The molecule has 5 heteroatoms. The van der Waals surface area contributed by atoms with Crippen molar-refractivity contribution in [3.63, 3.8) is 0 Å². The summed E-state index contributed by atoms with van der Waals surface area (Å²) in [6.07, 6.45) is 3.65. The van der Waals surface area contributed by atoms with Gasteiger partial charge in [0.1, 0.15) is 0 Å². The first-order chi connectivity index (χ1) is 8.13. The predicted octanol–water partition coefficient (Wildman–Crippen LogP) is 0.503. The highest BCUT2D eigenvalue weighted by Crippen LogP contribution is 2.17. The number of ether oxygens (including phenoxy) is 1. The summed E-state index contributed by atoms with van der Waals surface area (Å²) in [6.45, 7) is 5.03. The van der Waals surface area contributed by atoms with Gasteiger partial charge in [0.25, 0.3) is 0 Å². The first-order valence-electron chi connectivity index (χ1n) is 6.41. The minimum Gasteiger partial charge on any atom is -0.381 e. The van der Waals surface area contributed by atoms with Gasteiger partial charge in [0.05, 0.1) is 0 Å². The zero-order valence-electron chi connectivity index (χ0n) is 10.9. The minimum atomic E-state index is -0.0867. The Hall–Kier alpha value is -0.650. The summed E-state index contributed by atoms with van der Waals surface area (Å²) in [5.41, 5.74) is 2.17. The van der Waals surface area contributed by atoms with Crippen LogP contribution in [0.4, 0.5) is 0 Å². The summed E-state index contributed by atoms with van der Waals surface area (Å²) in [5, 5.41) is 0. The van der Waals surface area contributed by atoms with Crippen molar-refractivity contribution in [2.75, 3.05) is 26.8 Å². The number of hydrogen-bond acceptors (Lipinski definition) is 4. The van der Waals surface area contributed by atoms with Gasteiger partial charge in [-0.2, -0.15) is 0 Å². The number of carbonyl (C=O) groups is 1. The molecular weight excluding hydrogens is 218 g/mol. The van der Waals surface area contributed by atoms with Crippen molar-refractivity contribution in [1.29, 1.82) is 0 Å². The Morgan fingerprint density at radius 2 is 2.18 bits per heavy atom. The zero-order valence-corrected chi connectivity index (χ0v) is 10.9. The number of nitrogens with one attached hydrogen (secondary N) is 1. The Balaban J connectivity index is 2.20. The molecule has 0 bridgehead atoms. The molecule has 0 aromatic carbocycles. The van der Waals surface area contributed by atoms with Gasteiger partial charge < -0.3 is 9.64 Å². The van der Waals surface area contributed by atoms with E-state index in [0.717, 1.165) is 44.9 Å². The molecule has 1 rings (SSSR count). The lowest BCUT2D eigenvalue weighted by molar-refractivity contribution is -0.121. The second-order valence-corrected chi connectivity index (χ2v) is 4.95. The van der Waals surface area contributed by atoms with Crippen LogP contribution in [0.15, 0.2) is 0 Å². The van der Waals surface area contributed by atoms with Crippen molar-refractivity contribution < 1.29 is 9.53 Å². The lowest BCUT2D eigenvalue weighted by Crippen LogP contribution is -2.37. The SMILES string of the molecule is CC(CCC(=O)NN)N(C)CC1CCOCC1. The molecule has 1 unspecified atom stereocenters. The first-order valence-corrected chi connectivity index (χ1v) is 6.41. The Labute approximate surface area is 104 Å². The van der Waals surface area contributed by atoms with E-state index in [9.17, 15) is 4.79 Å². The van der Waals surface area contributed by atoms with Crippen LogP contribution < -0.4 is 11.3 Å². The molecule has 1 aliphatic heterocycles. The highest BCUT2D eigenvalue weighted by molar-refractivity contribution is 5.75. The van der Waals surface area contributed by atoms with E-state index in [1.807, 2.05) is 0 Å². The maximum absolute atomic E-state index is 11.1. The molecule has 0 aromatic heterocycles. The van der Waals surface area contributed by atoms with E-state index in [0.29, 0.717) is 12.5 Å². The third kappa shape index (κ3) is 5.48. The van der Waals surface area contributed by atoms with Crippen molar-refractivity contribution in [3.8, 4) is 0 Å². The third-order valence-corrected chi connectivity index (χ3v) is 3.59. The highest BCUT2D eigenvalue weighted by Gasteiger charge is 2.18. The van der Waals surface area contributed by atoms with Gasteiger partial charge in [-0.1, -0.05) is 0 Å². The number of amides is 1. The molecule has 1 saturated heterocycles. The number of nitrogens with zero attached hydrogens (tertiary/aromatic N) is 1. The molecule has 1 aliphatic rings. The molecule has 1 atom stereocenters. The topological polar surface area (TPSA) is 67.6 Å². The lowest BCUT2D eigenvalue weighted by Gasteiger charge is -2.30. The van der Waals surface area contributed by atoms with E-state index >= 15 is 0 Å². The Morgan fingerprint density at radius 1 is 1.53 bits per heavy atom.